The lowest BCUT2D eigenvalue weighted by Gasteiger charge is -2.32. The van der Waals surface area contributed by atoms with Gasteiger partial charge >= 0.3 is 0 Å². The van der Waals surface area contributed by atoms with E-state index in [4.69, 9.17) is 0 Å². The lowest BCUT2D eigenvalue weighted by atomic mass is 10.0. The minimum atomic E-state index is -1.55. The van der Waals surface area contributed by atoms with Crippen LogP contribution >= 0.6 is 0 Å². The molecule has 1 heterocycles. The summed E-state index contributed by atoms with van der Waals surface area (Å²) < 4.78 is 39.1. The summed E-state index contributed by atoms with van der Waals surface area (Å²) in [5.41, 5.74) is -0.150. The fourth-order valence-electron chi connectivity index (χ4n) is 2.44. The van der Waals surface area contributed by atoms with Gasteiger partial charge in [0.25, 0.3) is 5.91 Å². The van der Waals surface area contributed by atoms with Gasteiger partial charge in [0.2, 0.25) is 0 Å². The van der Waals surface area contributed by atoms with E-state index in [1.165, 1.54) is 0 Å². The molecule has 1 amide bonds. The normalized spacial score (nSPS) is 16.5. The number of benzene rings is 1. The van der Waals surface area contributed by atoms with Gasteiger partial charge in [-0.1, -0.05) is 6.92 Å². The van der Waals surface area contributed by atoms with Crippen molar-refractivity contribution in [1.82, 2.24) is 10.2 Å². The van der Waals surface area contributed by atoms with Crippen molar-refractivity contribution in [3.63, 3.8) is 0 Å². The third kappa shape index (κ3) is 3.12. The zero-order valence-electron chi connectivity index (χ0n) is 11.3. The number of likely N-dealkylation sites (tertiary alicyclic amines) is 1. The molecule has 1 fully saturated rings. The molecule has 0 aliphatic carbocycles. The molecule has 0 radical (unpaired) electrons. The third-order valence-corrected chi connectivity index (χ3v) is 3.51. The maximum Gasteiger partial charge on any atom is 0.254 e. The van der Waals surface area contributed by atoms with Crippen LogP contribution in [-0.2, 0) is 0 Å². The Hall–Kier alpha value is -1.56. The Morgan fingerprint density at radius 1 is 1.25 bits per heavy atom. The van der Waals surface area contributed by atoms with Crippen molar-refractivity contribution in [2.75, 3.05) is 19.6 Å². The van der Waals surface area contributed by atoms with Gasteiger partial charge in [0.15, 0.2) is 17.5 Å². The van der Waals surface area contributed by atoms with Crippen LogP contribution in [0.15, 0.2) is 12.1 Å². The summed E-state index contributed by atoms with van der Waals surface area (Å²) in [6.07, 6.45) is 1.59. The first-order valence-corrected chi connectivity index (χ1v) is 6.70. The first-order valence-electron chi connectivity index (χ1n) is 6.70. The smallest absolute Gasteiger partial charge is 0.254 e. The van der Waals surface area contributed by atoms with E-state index in [0.29, 0.717) is 19.1 Å². The predicted molar refractivity (Wildman–Crippen MR) is 68.9 cm³/mol. The summed E-state index contributed by atoms with van der Waals surface area (Å²) in [7, 11) is 0. The number of piperidine rings is 1. The molecule has 0 unspecified atom stereocenters. The van der Waals surface area contributed by atoms with Gasteiger partial charge in [-0.2, -0.15) is 0 Å². The summed E-state index contributed by atoms with van der Waals surface area (Å²) in [5.74, 6) is -4.68. The number of halogens is 3. The number of nitrogens with zero attached hydrogens (tertiary/aromatic N) is 1. The Kier molecular flexibility index (Phi) is 4.65. The molecule has 6 heteroatoms. The molecule has 1 aliphatic heterocycles. The topological polar surface area (TPSA) is 32.3 Å². The van der Waals surface area contributed by atoms with Gasteiger partial charge in [0.1, 0.15) is 0 Å². The van der Waals surface area contributed by atoms with E-state index < -0.39 is 23.4 Å². The standard InChI is InChI=1S/C14H17F3N2O/c1-2-18-10-3-5-19(6-4-10)14(20)9-7-11(15)13(17)12(16)8-9/h7-8,10,18H,2-6H2,1H3. The molecule has 1 aromatic carbocycles. The largest absolute Gasteiger partial charge is 0.339 e. The molecule has 20 heavy (non-hydrogen) atoms. The summed E-state index contributed by atoms with van der Waals surface area (Å²) in [6.45, 7) is 3.93. The molecule has 3 nitrogen and oxygen atoms in total. The molecule has 1 saturated heterocycles. The summed E-state index contributed by atoms with van der Waals surface area (Å²) in [4.78, 5) is 13.7. The Labute approximate surface area is 115 Å². The van der Waals surface area contributed by atoms with Gasteiger partial charge < -0.3 is 10.2 Å². The maximum absolute atomic E-state index is 13.1. The predicted octanol–water partition coefficient (Wildman–Crippen LogP) is 2.32. The van der Waals surface area contributed by atoms with Crippen LogP contribution in [0.2, 0.25) is 0 Å². The second kappa shape index (κ2) is 6.26. The van der Waals surface area contributed by atoms with Gasteiger partial charge in [-0.25, -0.2) is 13.2 Å². The fourth-order valence-corrected chi connectivity index (χ4v) is 2.44. The highest BCUT2D eigenvalue weighted by Crippen LogP contribution is 2.18. The molecule has 0 saturated carbocycles. The molecule has 0 aromatic heterocycles. The minimum absolute atomic E-state index is 0.150. The number of carbonyl (C=O) groups excluding carboxylic acids is 1. The van der Waals surface area contributed by atoms with Crippen LogP contribution in [-0.4, -0.2) is 36.5 Å². The Morgan fingerprint density at radius 3 is 2.30 bits per heavy atom. The van der Waals surface area contributed by atoms with Crippen LogP contribution in [0.1, 0.15) is 30.1 Å². The van der Waals surface area contributed by atoms with E-state index in [0.717, 1.165) is 31.5 Å². The quantitative estimate of drug-likeness (QED) is 0.865. The molecule has 1 aliphatic rings. The van der Waals surface area contributed by atoms with E-state index >= 15 is 0 Å². The maximum atomic E-state index is 13.1. The summed E-state index contributed by atoms with van der Waals surface area (Å²) in [6, 6.07) is 1.86. The van der Waals surface area contributed by atoms with Crippen LogP contribution in [0, 0.1) is 17.5 Å². The summed E-state index contributed by atoms with van der Waals surface area (Å²) in [5, 5.41) is 3.30. The van der Waals surface area contributed by atoms with Crippen molar-refractivity contribution in [3.8, 4) is 0 Å². The number of hydrogen-bond donors (Lipinski definition) is 1. The Balaban J connectivity index is 2.06. The average Bonchev–Trinajstić information content (AvgIpc) is 2.44. The molecular weight excluding hydrogens is 269 g/mol. The highest BCUT2D eigenvalue weighted by atomic mass is 19.2. The lowest BCUT2D eigenvalue weighted by Crippen LogP contribution is -2.44. The summed E-state index contributed by atoms with van der Waals surface area (Å²) >= 11 is 0. The number of amides is 1. The lowest BCUT2D eigenvalue weighted by molar-refractivity contribution is 0.0704. The Bertz CT molecular complexity index is 476. The zero-order chi connectivity index (χ0) is 14.7. The second-order valence-electron chi connectivity index (χ2n) is 4.88. The zero-order valence-corrected chi connectivity index (χ0v) is 11.3. The molecule has 110 valence electrons. The van der Waals surface area contributed by atoms with Crippen molar-refractivity contribution in [2.24, 2.45) is 0 Å². The van der Waals surface area contributed by atoms with Gasteiger partial charge in [-0.3, -0.25) is 4.79 Å². The Morgan fingerprint density at radius 2 is 1.80 bits per heavy atom. The molecule has 0 spiro atoms. The highest BCUT2D eigenvalue weighted by molar-refractivity contribution is 5.94. The van der Waals surface area contributed by atoms with Crippen LogP contribution in [0.25, 0.3) is 0 Å². The van der Waals surface area contributed by atoms with E-state index in [1.54, 1.807) is 4.90 Å². The van der Waals surface area contributed by atoms with Crippen molar-refractivity contribution in [3.05, 3.63) is 35.1 Å². The first-order chi connectivity index (χ1) is 9.52. The monoisotopic (exact) mass is 286 g/mol. The van der Waals surface area contributed by atoms with Gasteiger partial charge in [0, 0.05) is 24.7 Å². The van der Waals surface area contributed by atoms with E-state index in [9.17, 15) is 18.0 Å². The van der Waals surface area contributed by atoms with Crippen molar-refractivity contribution in [2.45, 2.75) is 25.8 Å². The van der Waals surface area contributed by atoms with Crippen molar-refractivity contribution in [1.29, 1.82) is 0 Å². The molecule has 0 atom stereocenters. The van der Waals surface area contributed by atoms with E-state index in [1.807, 2.05) is 6.92 Å². The number of rotatable bonds is 3. The fraction of sp³-hybridized carbons (Fsp3) is 0.500. The number of hydrogen-bond acceptors (Lipinski definition) is 2. The molecule has 1 N–H and O–H groups in total. The van der Waals surface area contributed by atoms with Gasteiger partial charge in [-0.15, -0.1) is 0 Å². The second-order valence-corrected chi connectivity index (χ2v) is 4.88. The molecule has 1 aromatic rings. The van der Waals surface area contributed by atoms with Crippen molar-refractivity contribution >= 4 is 5.91 Å². The molecular formula is C14H17F3N2O. The SMILES string of the molecule is CCNC1CCN(C(=O)c2cc(F)c(F)c(F)c2)CC1. The number of nitrogens with one attached hydrogen (secondary N) is 1. The average molecular weight is 286 g/mol. The van der Waals surface area contributed by atoms with Gasteiger partial charge in [0.05, 0.1) is 0 Å². The van der Waals surface area contributed by atoms with Gasteiger partial charge in [-0.05, 0) is 31.5 Å². The first kappa shape index (κ1) is 14.8. The third-order valence-electron chi connectivity index (χ3n) is 3.51. The van der Waals surface area contributed by atoms with Crippen LogP contribution in [0.3, 0.4) is 0 Å². The molecule has 2 rings (SSSR count). The number of carbonyl (C=O) groups is 1. The minimum Gasteiger partial charge on any atom is -0.339 e. The highest BCUT2D eigenvalue weighted by Gasteiger charge is 2.24. The van der Waals surface area contributed by atoms with Crippen molar-refractivity contribution < 1.29 is 18.0 Å². The van der Waals surface area contributed by atoms with Crippen LogP contribution in [0.5, 0.6) is 0 Å². The van der Waals surface area contributed by atoms with E-state index in [2.05, 4.69) is 5.32 Å². The molecule has 0 bridgehead atoms. The van der Waals surface area contributed by atoms with E-state index in [-0.39, 0.29) is 5.56 Å². The van der Waals surface area contributed by atoms with Crippen LogP contribution < -0.4 is 5.32 Å². The van der Waals surface area contributed by atoms with Crippen LogP contribution in [0.4, 0.5) is 13.2 Å².